The highest BCUT2D eigenvalue weighted by molar-refractivity contribution is 7.92. The van der Waals surface area contributed by atoms with Crippen molar-refractivity contribution in [3.8, 4) is 11.4 Å². The van der Waals surface area contributed by atoms with Gasteiger partial charge in [0.15, 0.2) is 5.82 Å². The highest BCUT2D eigenvalue weighted by Gasteiger charge is 2.47. The van der Waals surface area contributed by atoms with E-state index in [0.29, 0.717) is 29.1 Å². The average Bonchev–Trinajstić information content (AvgIpc) is 3.37. The summed E-state index contributed by atoms with van der Waals surface area (Å²) in [6.07, 6.45) is 2.98. The first-order chi connectivity index (χ1) is 15.5. The lowest BCUT2D eigenvalue weighted by Crippen LogP contribution is -2.33. The lowest BCUT2D eigenvalue weighted by Gasteiger charge is -2.20. The van der Waals surface area contributed by atoms with Crippen molar-refractivity contribution in [1.82, 2.24) is 30.5 Å². The number of pyridine rings is 1. The zero-order valence-electron chi connectivity index (χ0n) is 16.7. The van der Waals surface area contributed by atoms with Crippen LogP contribution in [0.2, 0.25) is 0 Å². The first-order valence-electron chi connectivity index (χ1n) is 9.25. The van der Waals surface area contributed by atoms with Crippen LogP contribution in [0.4, 0.5) is 23.7 Å². The van der Waals surface area contributed by atoms with Crippen molar-refractivity contribution in [1.29, 1.82) is 0 Å². The number of nitrogens with one attached hydrogen (secondary N) is 1. The van der Waals surface area contributed by atoms with E-state index in [1.807, 2.05) is 0 Å². The number of carbonyl (C=O) groups is 2. The van der Waals surface area contributed by atoms with Crippen molar-refractivity contribution in [3.63, 3.8) is 0 Å². The Labute approximate surface area is 184 Å². The monoisotopic (exact) mass is 481 g/mol. The number of aromatic amines is 1. The van der Waals surface area contributed by atoms with Crippen molar-refractivity contribution < 1.29 is 31.2 Å². The Morgan fingerprint density at radius 2 is 1.82 bits per heavy atom. The van der Waals surface area contributed by atoms with Crippen LogP contribution in [-0.2, 0) is 21.2 Å². The molecule has 4 rings (SSSR count). The minimum atomic E-state index is -5.56. The van der Waals surface area contributed by atoms with Crippen molar-refractivity contribution in [2.24, 2.45) is 0 Å². The standard InChI is InChI=1S/C18H14F3N7O4S/c1-10-16(29)28(12-2-4-13(5-3-12)33(31,32)18(19,20)21)17(30)27(10)9-11-6-7-22-8-14(11)15-23-25-26-24-15/h2-8,10H,9H2,1H3,(H,23,24,25,26). The lowest BCUT2D eigenvalue weighted by atomic mass is 10.1. The molecule has 1 saturated heterocycles. The maximum Gasteiger partial charge on any atom is 0.501 e. The number of H-pyrrole nitrogens is 1. The van der Waals surface area contributed by atoms with Crippen molar-refractivity contribution in [3.05, 3.63) is 48.3 Å². The van der Waals surface area contributed by atoms with Gasteiger partial charge in [-0.1, -0.05) is 0 Å². The second kappa shape index (κ2) is 7.91. The number of amides is 3. The van der Waals surface area contributed by atoms with E-state index in [2.05, 4.69) is 25.6 Å². The van der Waals surface area contributed by atoms with E-state index in [1.54, 1.807) is 6.07 Å². The second-order valence-electron chi connectivity index (χ2n) is 6.99. The summed E-state index contributed by atoms with van der Waals surface area (Å²) in [5.41, 5.74) is -4.43. The molecule has 0 aliphatic carbocycles. The Morgan fingerprint density at radius 3 is 2.42 bits per heavy atom. The summed E-state index contributed by atoms with van der Waals surface area (Å²) in [5, 5.41) is 13.4. The number of nitrogens with zero attached hydrogens (tertiary/aromatic N) is 6. The fourth-order valence-corrected chi connectivity index (χ4v) is 4.05. The van der Waals surface area contributed by atoms with Gasteiger partial charge in [-0.05, 0) is 53.2 Å². The third-order valence-corrected chi connectivity index (χ3v) is 6.55. The van der Waals surface area contributed by atoms with Gasteiger partial charge in [-0.25, -0.2) is 23.2 Å². The number of hydrogen-bond acceptors (Lipinski definition) is 8. The number of anilines is 1. The summed E-state index contributed by atoms with van der Waals surface area (Å²) in [6, 6.07) is 3.35. The molecule has 3 aromatic rings. The second-order valence-corrected chi connectivity index (χ2v) is 8.93. The quantitative estimate of drug-likeness (QED) is 0.545. The van der Waals surface area contributed by atoms with Crippen LogP contribution in [0, 0.1) is 0 Å². The largest absolute Gasteiger partial charge is 0.501 e. The molecule has 3 amide bonds. The maximum absolute atomic E-state index is 13.0. The summed E-state index contributed by atoms with van der Waals surface area (Å²) >= 11 is 0. The van der Waals surface area contributed by atoms with Crippen LogP contribution in [0.15, 0.2) is 47.6 Å². The number of sulfone groups is 1. The average molecular weight is 481 g/mol. The molecule has 1 aliphatic heterocycles. The Hall–Kier alpha value is -3.88. The van der Waals surface area contributed by atoms with Crippen LogP contribution >= 0.6 is 0 Å². The zero-order chi connectivity index (χ0) is 24.0. The van der Waals surface area contributed by atoms with Gasteiger partial charge >= 0.3 is 11.5 Å². The van der Waals surface area contributed by atoms with Crippen molar-refractivity contribution in [2.75, 3.05) is 4.90 Å². The molecule has 0 radical (unpaired) electrons. The van der Waals surface area contributed by atoms with Gasteiger partial charge < -0.3 is 4.90 Å². The molecule has 1 aliphatic rings. The first-order valence-corrected chi connectivity index (χ1v) is 10.7. The molecule has 3 heterocycles. The number of urea groups is 1. The Morgan fingerprint density at radius 1 is 1.12 bits per heavy atom. The smallest absolute Gasteiger partial charge is 0.308 e. The number of tetrazole rings is 1. The molecule has 172 valence electrons. The molecule has 1 fully saturated rings. The molecular weight excluding hydrogens is 467 g/mol. The highest BCUT2D eigenvalue weighted by Crippen LogP contribution is 2.33. The molecule has 1 unspecified atom stereocenters. The van der Waals surface area contributed by atoms with Crippen LogP contribution in [0.3, 0.4) is 0 Å². The molecule has 2 aromatic heterocycles. The summed E-state index contributed by atoms with van der Waals surface area (Å²) in [7, 11) is -5.56. The minimum absolute atomic E-state index is 0.0126. The van der Waals surface area contributed by atoms with Gasteiger partial charge in [0, 0.05) is 24.5 Å². The van der Waals surface area contributed by atoms with Gasteiger partial charge in [0.2, 0.25) is 0 Å². The predicted octanol–water partition coefficient (Wildman–Crippen LogP) is 1.91. The zero-order valence-corrected chi connectivity index (χ0v) is 17.5. The van der Waals surface area contributed by atoms with Gasteiger partial charge in [0.1, 0.15) is 6.04 Å². The van der Waals surface area contributed by atoms with Crippen molar-refractivity contribution in [2.45, 2.75) is 29.9 Å². The fourth-order valence-electron chi connectivity index (χ4n) is 3.29. The van der Waals surface area contributed by atoms with Crippen LogP contribution < -0.4 is 4.90 Å². The lowest BCUT2D eigenvalue weighted by molar-refractivity contribution is -0.119. The number of carbonyl (C=O) groups excluding carboxylic acids is 2. The molecule has 15 heteroatoms. The molecule has 1 aromatic carbocycles. The molecular formula is C18H14F3N7O4S. The number of rotatable bonds is 5. The maximum atomic E-state index is 13.0. The van der Waals surface area contributed by atoms with Crippen LogP contribution in [-0.4, -0.2) is 62.4 Å². The Bertz CT molecular complexity index is 1310. The topological polar surface area (TPSA) is 142 Å². The van der Waals surface area contributed by atoms with E-state index in [4.69, 9.17) is 0 Å². The van der Waals surface area contributed by atoms with E-state index in [-0.39, 0.29) is 12.2 Å². The van der Waals surface area contributed by atoms with Crippen LogP contribution in [0.5, 0.6) is 0 Å². The van der Waals surface area contributed by atoms with E-state index in [0.717, 1.165) is 17.0 Å². The fraction of sp³-hybridized carbons (Fsp3) is 0.222. The summed E-state index contributed by atoms with van der Waals surface area (Å²) in [6.45, 7) is 1.49. The van der Waals surface area contributed by atoms with Gasteiger partial charge in [-0.2, -0.15) is 13.2 Å². The van der Waals surface area contributed by atoms with E-state index >= 15 is 0 Å². The molecule has 0 bridgehead atoms. The third-order valence-electron chi connectivity index (χ3n) is 5.04. The number of hydrogen-bond donors (Lipinski definition) is 1. The van der Waals surface area contributed by atoms with E-state index in [9.17, 15) is 31.2 Å². The molecule has 0 spiro atoms. The summed E-state index contributed by atoms with van der Waals surface area (Å²) < 4.78 is 61.4. The van der Waals surface area contributed by atoms with Gasteiger partial charge in [-0.3, -0.25) is 9.78 Å². The van der Waals surface area contributed by atoms with Gasteiger partial charge in [0.25, 0.3) is 15.7 Å². The van der Waals surface area contributed by atoms with Gasteiger partial charge in [0.05, 0.1) is 10.6 Å². The van der Waals surface area contributed by atoms with E-state index < -0.39 is 38.2 Å². The first kappa shape index (κ1) is 22.3. The predicted molar refractivity (Wildman–Crippen MR) is 105 cm³/mol. The molecule has 11 nitrogen and oxygen atoms in total. The molecule has 1 atom stereocenters. The summed E-state index contributed by atoms with van der Waals surface area (Å²) in [4.78, 5) is 30.9. The number of benzene rings is 1. The van der Waals surface area contributed by atoms with Crippen LogP contribution in [0.25, 0.3) is 11.4 Å². The molecule has 1 N–H and O–H groups in total. The van der Waals surface area contributed by atoms with Crippen molar-refractivity contribution >= 4 is 27.5 Å². The SMILES string of the molecule is CC1C(=O)N(c2ccc(S(=O)(=O)C(F)(F)F)cc2)C(=O)N1Cc1ccncc1-c1nnn[nH]1. The Kier molecular flexibility index (Phi) is 5.35. The summed E-state index contributed by atoms with van der Waals surface area (Å²) in [5.74, 6) is -0.314. The molecule has 0 saturated carbocycles. The number of aromatic nitrogens is 5. The minimum Gasteiger partial charge on any atom is -0.308 e. The molecule has 33 heavy (non-hydrogen) atoms. The number of halogens is 3. The number of imide groups is 1. The Balaban J connectivity index is 1.62. The van der Waals surface area contributed by atoms with Crippen LogP contribution in [0.1, 0.15) is 12.5 Å². The van der Waals surface area contributed by atoms with E-state index in [1.165, 1.54) is 24.2 Å². The third kappa shape index (κ3) is 3.79. The normalized spacial score (nSPS) is 17.2. The van der Waals surface area contributed by atoms with Gasteiger partial charge in [-0.15, -0.1) is 5.10 Å². The highest BCUT2D eigenvalue weighted by atomic mass is 32.2. The number of alkyl halides is 3.